The van der Waals surface area contributed by atoms with E-state index in [4.69, 9.17) is 4.74 Å². The maximum absolute atomic E-state index is 13.3. The highest BCUT2D eigenvalue weighted by Gasteiger charge is 2.62. The van der Waals surface area contributed by atoms with Crippen LogP contribution in [-0.2, 0) is 16.1 Å². The minimum absolute atomic E-state index is 0.427. The molecule has 1 N–H and O–H groups in total. The Bertz CT molecular complexity index is 763. The zero-order valence-electron chi connectivity index (χ0n) is 15.3. The van der Waals surface area contributed by atoms with Gasteiger partial charge >= 0.3 is 18.3 Å². The van der Waals surface area contributed by atoms with Crippen molar-refractivity contribution in [1.29, 1.82) is 0 Å². The number of rotatable bonds is 7. The van der Waals surface area contributed by atoms with Crippen LogP contribution < -0.4 is 5.32 Å². The molecule has 0 spiro atoms. The average Bonchev–Trinajstić information content (AvgIpc) is 2.65. The summed E-state index contributed by atoms with van der Waals surface area (Å²) >= 11 is 0. The van der Waals surface area contributed by atoms with E-state index < -0.39 is 42.9 Å². The zero-order valence-corrected chi connectivity index (χ0v) is 15.3. The number of alkyl halides is 6. The molecule has 0 heterocycles. The van der Waals surface area contributed by atoms with Crippen molar-refractivity contribution in [3.8, 4) is 0 Å². The van der Waals surface area contributed by atoms with E-state index in [0.717, 1.165) is 0 Å². The molecule has 0 unspecified atom stereocenters. The number of carbonyl (C=O) groups is 1. The van der Waals surface area contributed by atoms with Crippen molar-refractivity contribution in [3.63, 3.8) is 0 Å². The Morgan fingerprint density at radius 2 is 1.38 bits per heavy atom. The Balaban J connectivity index is 2.29. The fourth-order valence-corrected chi connectivity index (χ4v) is 2.79. The molecule has 9 heteroatoms. The summed E-state index contributed by atoms with van der Waals surface area (Å²) in [5, 5.41) is 2.17. The number of hydrogen-bond donors (Lipinski definition) is 1. The third kappa shape index (κ3) is 6.49. The lowest BCUT2D eigenvalue weighted by Gasteiger charge is -2.32. The Hall–Kier alpha value is -2.55. The van der Waals surface area contributed by atoms with Crippen LogP contribution in [0.15, 0.2) is 60.7 Å². The van der Waals surface area contributed by atoms with Gasteiger partial charge in [-0.1, -0.05) is 60.7 Å². The average molecular weight is 419 g/mol. The van der Waals surface area contributed by atoms with Gasteiger partial charge in [0.05, 0.1) is 0 Å². The Morgan fingerprint density at radius 3 is 1.86 bits per heavy atom. The number of benzene rings is 2. The second-order valence-corrected chi connectivity index (χ2v) is 6.43. The van der Waals surface area contributed by atoms with Crippen molar-refractivity contribution >= 4 is 5.97 Å². The van der Waals surface area contributed by atoms with Crippen molar-refractivity contribution in [2.24, 2.45) is 5.92 Å². The molecule has 2 rings (SSSR count). The molecule has 0 bridgehead atoms. The first kappa shape index (κ1) is 22.7. The first-order chi connectivity index (χ1) is 13.5. The minimum atomic E-state index is -5.70. The number of ether oxygens (including phenoxy) is 1. The quantitative estimate of drug-likeness (QED) is 0.496. The monoisotopic (exact) mass is 419 g/mol. The molecular weight excluding hydrogens is 400 g/mol. The Morgan fingerprint density at radius 1 is 0.897 bits per heavy atom. The number of esters is 1. The summed E-state index contributed by atoms with van der Waals surface area (Å²) in [5.41, 5.74) is 0.864. The first-order valence-electron chi connectivity index (χ1n) is 8.65. The van der Waals surface area contributed by atoms with Crippen molar-refractivity contribution in [2.45, 2.75) is 38.0 Å². The highest BCUT2D eigenvalue weighted by molar-refractivity contribution is 5.76. The smallest absolute Gasteiger partial charge is 0.402 e. The van der Waals surface area contributed by atoms with Crippen LogP contribution >= 0.6 is 0 Å². The highest BCUT2D eigenvalue weighted by atomic mass is 19.4. The lowest BCUT2D eigenvalue weighted by Crippen LogP contribution is -2.55. The van der Waals surface area contributed by atoms with Crippen molar-refractivity contribution in [2.75, 3.05) is 0 Å². The molecule has 0 aliphatic heterocycles. The van der Waals surface area contributed by atoms with E-state index in [1.165, 1.54) is 31.2 Å². The third-order valence-electron chi connectivity index (χ3n) is 4.25. The molecule has 0 aliphatic rings. The molecule has 0 aliphatic carbocycles. The van der Waals surface area contributed by atoms with Gasteiger partial charge in [-0.05, 0) is 18.1 Å². The highest BCUT2D eigenvalue weighted by Crippen LogP contribution is 2.42. The van der Waals surface area contributed by atoms with Gasteiger partial charge in [0.15, 0.2) is 5.92 Å². The molecule has 0 fully saturated rings. The van der Waals surface area contributed by atoms with Crippen LogP contribution in [0, 0.1) is 5.92 Å². The van der Waals surface area contributed by atoms with Crippen molar-refractivity contribution in [1.82, 2.24) is 5.32 Å². The van der Waals surface area contributed by atoms with Gasteiger partial charge in [-0.15, -0.1) is 0 Å². The number of carbonyl (C=O) groups excluding carboxylic acids is 1. The van der Waals surface area contributed by atoms with Gasteiger partial charge in [-0.2, -0.15) is 26.3 Å². The summed E-state index contributed by atoms with van der Waals surface area (Å²) < 4.78 is 84.4. The molecule has 0 amide bonds. The maximum Gasteiger partial charge on any atom is 0.402 e. The lowest BCUT2D eigenvalue weighted by molar-refractivity contribution is -0.292. The van der Waals surface area contributed by atoms with Gasteiger partial charge < -0.3 is 4.74 Å². The zero-order chi connectivity index (χ0) is 21.7. The molecule has 29 heavy (non-hydrogen) atoms. The summed E-state index contributed by atoms with van der Waals surface area (Å²) in [5.74, 6) is -5.54. The van der Waals surface area contributed by atoms with E-state index in [2.05, 4.69) is 5.32 Å². The van der Waals surface area contributed by atoms with Crippen molar-refractivity contribution in [3.05, 3.63) is 71.8 Å². The van der Waals surface area contributed by atoms with Gasteiger partial charge in [0.2, 0.25) is 0 Å². The molecule has 0 saturated heterocycles. The fraction of sp³-hybridized carbons (Fsp3) is 0.350. The summed E-state index contributed by atoms with van der Waals surface area (Å²) in [7, 11) is 0. The van der Waals surface area contributed by atoms with Crippen LogP contribution in [0.3, 0.4) is 0 Å². The molecule has 0 aromatic heterocycles. The second-order valence-electron chi connectivity index (χ2n) is 6.43. The molecule has 158 valence electrons. The van der Waals surface area contributed by atoms with Gasteiger partial charge in [0.25, 0.3) is 0 Å². The van der Waals surface area contributed by atoms with E-state index in [-0.39, 0.29) is 0 Å². The summed E-state index contributed by atoms with van der Waals surface area (Å²) in [6.45, 7) is 0.927. The number of nitrogens with one attached hydrogen (secondary N) is 1. The third-order valence-corrected chi connectivity index (χ3v) is 4.25. The van der Waals surface area contributed by atoms with Crippen LogP contribution in [0.5, 0.6) is 0 Å². The van der Waals surface area contributed by atoms with Crippen LogP contribution in [0.25, 0.3) is 0 Å². The predicted octanol–water partition coefficient (Wildman–Crippen LogP) is 5.19. The minimum Gasteiger partial charge on any atom is -0.460 e. The second kappa shape index (κ2) is 9.30. The van der Waals surface area contributed by atoms with Crippen LogP contribution in [-0.4, -0.2) is 24.4 Å². The van der Waals surface area contributed by atoms with E-state index in [1.54, 1.807) is 36.4 Å². The standard InChI is InChI=1S/C20H19F6NO2/c1-13(15-10-6-3-7-11-15)27-16(17(19(21,22)23)20(24,25)26)18(28)29-12-14-8-4-2-5-9-14/h2-11,13,16-17,27H,12H2,1H3/t13-,16+/m1/s1. The first-order valence-corrected chi connectivity index (χ1v) is 8.65. The van der Waals surface area contributed by atoms with E-state index in [9.17, 15) is 31.1 Å². The Labute approximate surface area is 163 Å². The number of hydrogen-bond acceptors (Lipinski definition) is 3. The summed E-state index contributed by atoms with van der Waals surface area (Å²) in [6, 6.07) is 12.2. The molecule has 2 atom stereocenters. The van der Waals surface area contributed by atoms with Gasteiger partial charge in [0.1, 0.15) is 12.6 Å². The normalized spacial score (nSPS) is 14.5. The van der Waals surface area contributed by atoms with Crippen LogP contribution in [0.2, 0.25) is 0 Å². The lowest BCUT2D eigenvalue weighted by atomic mass is 9.96. The molecule has 3 nitrogen and oxygen atoms in total. The van der Waals surface area contributed by atoms with E-state index in [0.29, 0.717) is 11.1 Å². The van der Waals surface area contributed by atoms with Crippen LogP contribution in [0.1, 0.15) is 24.1 Å². The van der Waals surface area contributed by atoms with Gasteiger partial charge in [-0.25, -0.2) is 0 Å². The summed E-state index contributed by atoms with van der Waals surface area (Å²) in [4.78, 5) is 12.3. The maximum atomic E-state index is 13.3. The van der Waals surface area contributed by atoms with Crippen molar-refractivity contribution < 1.29 is 35.9 Å². The fourth-order valence-electron chi connectivity index (χ4n) is 2.79. The summed E-state index contributed by atoms with van der Waals surface area (Å²) in [6.07, 6.45) is -11.4. The number of halogens is 6. The predicted molar refractivity (Wildman–Crippen MR) is 93.6 cm³/mol. The SMILES string of the molecule is C[C@@H](N[C@H](C(=O)OCc1ccccc1)C(C(F)(F)F)C(F)(F)F)c1ccccc1. The largest absolute Gasteiger partial charge is 0.460 e. The molecule has 2 aromatic carbocycles. The molecule has 2 aromatic rings. The van der Waals surface area contributed by atoms with Crippen LogP contribution in [0.4, 0.5) is 26.3 Å². The van der Waals surface area contributed by atoms with Gasteiger partial charge in [-0.3, -0.25) is 10.1 Å². The molecule has 0 radical (unpaired) electrons. The van der Waals surface area contributed by atoms with Gasteiger partial charge in [0, 0.05) is 6.04 Å². The topological polar surface area (TPSA) is 38.3 Å². The molecule has 0 saturated carbocycles. The van der Waals surface area contributed by atoms with E-state index >= 15 is 0 Å². The molecular formula is C20H19F6NO2. The van der Waals surface area contributed by atoms with E-state index in [1.807, 2.05) is 0 Å². The Kier molecular flexibility index (Phi) is 7.29.